The van der Waals surface area contributed by atoms with E-state index in [1.54, 1.807) is 4.90 Å². The lowest BCUT2D eigenvalue weighted by Crippen LogP contribution is -2.52. The van der Waals surface area contributed by atoms with Crippen LogP contribution in [-0.2, 0) is 22.7 Å². The van der Waals surface area contributed by atoms with Crippen molar-refractivity contribution >= 4 is 17.7 Å². The minimum Gasteiger partial charge on any atom is -0.326 e. The van der Waals surface area contributed by atoms with Gasteiger partial charge in [0.05, 0.1) is 0 Å². The van der Waals surface area contributed by atoms with Crippen molar-refractivity contribution in [1.29, 1.82) is 0 Å². The van der Waals surface area contributed by atoms with Gasteiger partial charge in [0.1, 0.15) is 6.04 Å². The van der Waals surface area contributed by atoms with Gasteiger partial charge in [0.2, 0.25) is 11.8 Å². The monoisotopic (exact) mass is 370 g/mol. The SMILES string of the molecule is CC1(C)C(N)CCN1Cc1cccc2c1CN(C1CCC(=O)NC1=O)C2=O. The average Bonchev–Trinajstić information content (AvgIpc) is 3.07. The Hall–Kier alpha value is -2.25. The van der Waals surface area contributed by atoms with Crippen LogP contribution >= 0.6 is 0 Å². The molecule has 7 heteroatoms. The lowest BCUT2D eigenvalue weighted by molar-refractivity contribution is -0.136. The Balaban J connectivity index is 1.58. The molecule has 0 aromatic heterocycles. The Bertz CT molecular complexity index is 819. The number of nitrogens with two attached hydrogens (primary N) is 1. The zero-order chi connectivity index (χ0) is 19.3. The highest BCUT2D eigenvalue weighted by Crippen LogP contribution is 2.34. The molecule has 4 rings (SSSR count). The first kappa shape index (κ1) is 18.1. The molecular formula is C20H26N4O3. The molecule has 3 aliphatic rings. The molecule has 7 nitrogen and oxygen atoms in total. The zero-order valence-electron chi connectivity index (χ0n) is 15.8. The molecular weight excluding hydrogens is 344 g/mol. The number of fused-ring (bicyclic) bond motifs is 1. The Labute approximate surface area is 158 Å². The number of nitrogens with zero attached hydrogens (tertiary/aromatic N) is 2. The lowest BCUT2D eigenvalue weighted by Gasteiger charge is -2.35. The number of nitrogens with one attached hydrogen (secondary N) is 1. The summed E-state index contributed by atoms with van der Waals surface area (Å²) in [5.74, 6) is -0.770. The van der Waals surface area contributed by atoms with Gasteiger partial charge >= 0.3 is 0 Å². The van der Waals surface area contributed by atoms with Crippen LogP contribution in [0.15, 0.2) is 18.2 Å². The van der Waals surface area contributed by atoms with E-state index in [1.807, 2.05) is 12.1 Å². The van der Waals surface area contributed by atoms with Gasteiger partial charge in [-0.15, -0.1) is 0 Å². The molecule has 3 aliphatic heterocycles. The van der Waals surface area contributed by atoms with E-state index in [0.29, 0.717) is 18.5 Å². The third-order valence-electron chi connectivity index (χ3n) is 6.47. The molecule has 0 saturated carbocycles. The maximum Gasteiger partial charge on any atom is 0.255 e. The van der Waals surface area contributed by atoms with Crippen LogP contribution in [0.3, 0.4) is 0 Å². The largest absolute Gasteiger partial charge is 0.326 e. The van der Waals surface area contributed by atoms with E-state index in [0.717, 1.165) is 30.6 Å². The summed E-state index contributed by atoms with van der Waals surface area (Å²) in [6, 6.07) is 5.35. The summed E-state index contributed by atoms with van der Waals surface area (Å²) in [7, 11) is 0. The molecule has 1 aromatic carbocycles. The van der Waals surface area contributed by atoms with Crippen LogP contribution in [0.5, 0.6) is 0 Å². The molecule has 2 saturated heterocycles. The molecule has 0 bridgehead atoms. The molecule has 3 N–H and O–H groups in total. The maximum atomic E-state index is 12.9. The van der Waals surface area contributed by atoms with Gasteiger partial charge in [-0.1, -0.05) is 12.1 Å². The second-order valence-corrected chi connectivity index (χ2v) is 8.31. The first-order chi connectivity index (χ1) is 12.8. The smallest absolute Gasteiger partial charge is 0.255 e. The molecule has 1 aromatic rings. The second-order valence-electron chi connectivity index (χ2n) is 8.31. The van der Waals surface area contributed by atoms with E-state index in [4.69, 9.17) is 5.73 Å². The number of hydrogen-bond donors (Lipinski definition) is 2. The van der Waals surface area contributed by atoms with Gasteiger partial charge in [-0.3, -0.25) is 24.6 Å². The summed E-state index contributed by atoms with van der Waals surface area (Å²) in [4.78, 5) is 40.5. The van der Waals surface area contributed by atoms with Crippen LogP contribution in [0.4, 0.5) is 0 Å². The van der Waals surface area contributed by atoms with E-state index < -0.39 is 6.04 Å². The topological polar surface area (TPSA) is 95.7 Å². The molecule has 3 heterocycles. The number of amides is 3. The van der Waals surface area contributed by atoms with Crippen molar-refractivity contribution in [2.75, 3.05) is 6.54 Å². The fourth-order valence-corrected chi connectivity index (χ4v) is 4.46. The molecule has 2 unspecified atom stereocenters. The zero-order valence-corrected chi connectivity index (χ0v) is 15.8. The molecule has 27 heavy (non-hydrogen) atoms. The third kappa shape index (κ3) is 2.95. The average molecular weight is 370 g/mol. The summed E-state index contributed by atoms with van der Waals surface area (Å²) >= 11 is 0. The predicted molar refractivity (Wildman–Crippen MR) is 99.6 cm³/mol. The quantitative estimate of drug-likeness (QED) is 0.766. The summed E-state index contributed by atoms with van der Waals surface area (Å²) in [6.07, 6.45) is 1.61. The van der Waals surface area contributed by atoms with E-state index in [1.165, 1.54) is 0 Å². The maximum absolute atomic E-state index is 12.9. The molecule has 2 atom stereocenters. The van der Waals surface area contributed by atoms with Crippen molar-refractivity contribution in [2.24, 2.45) is 5.73 Å². The number of piperidine rings is 1. The summed E-state index contributed by atoms with van der Waals surface area (Å²) in [5.41, 5.74) is 8.94. The first-order valence-electron chi connectivity index (χ1n) is 9.55. The Kier molecular flexibility index (Phi) is 4.31. The van der Waals surface area contributed by atoms with Crippen LogP contribution in [0.1, 0.15) is 54.6 Å². The Morgan fingerprint density at radius 2 is 2.00 bits per heavy atom. The molecule has 2 fully saturated rings. The van der Waals surface area contributed by atoms with Gasteiger partial charge in [-0.05, 0) is 43.9 Å². The van der Waals surface area contributed by atoms with Crippen molar-refractivity contribution in [3.63, 3.8) is 0 Å². The van der Waals surface area contributed by atoms with E-state index in [-0.39, 0.29) is 35.7 Å². The predicted octanol–water partition coefficient (Wildman–Crippen LogP) is 0.759. The van der Waals surface area contributed by atoms with E-state index in [2.05, 4.69) is 30.1 Å². The number of imide groups is 1. The van der Waals surface area contributed by atoms with Crippen molar-refractivity contribution < 1.29 is 14.4 Å². The molecule has 0 radical (unpaired) electrons. The number of likely N-dealkylation sites (tertiary alicyclic amines) is 1. The van der Waals surface area contributed by atoms with Crippen molar-refractivity contribution in [3.05, 3.63) is 34.9 Å². The number of benzene rings is 1. The molecule has 0 aliphatic carbocycles. The van der Waals surface area contributed by atoms with Gasteiger partial charge in [-0.25, -0.2) is 0 Å². The summed E-state index contributed by atoms with van der Waals surface area (Å²) in [6.45, 7) is 6.41. The molecule has 144 valence electrons. The third-order valence-corrected chi connectivity index (χ3v) is 6.47. The standard InChI is InChI=1S/C20H26N4O3/c1-20(2)16(21)8-9-23(20)10-12-4-3-5-13-14(12)11-24(19(13)27)15-6-7-17(25)22-18(15)26/h3-5,15-16H,6-11,21H2,1-2H3,(H,22,25,26). The second kappa shape index (κ2) is 6.42. The van der Waals surface area contributed by atoms with Gasteiger partial charge in [0.25, 0.3) is 5.91 Å². The van der Waals surface area contributed by atoms with Crippen LogP contribution in [0.2, 0.25) is 0 Å². The van der Waals surface area contributed by atoms with Crippen LogP contribution in [0, 0.1) is 0 Å². The fourth-order valence-electron chi connectivity index (χ4n) is 4.46. The number of rotatable bonds is 3. The molecule has 3 amide bonds. The highest BCUT2D eigenvalue weighted by atomic mass is 16.2. The first-order valence-corrected chi connectivity index (χ1v) is 9.55. The highest BCUT2D eigenvalue weighted by Gasteiger charge is 2.42. The van der Waals surface area contributed by atoms with Gasteiger partial charge in [0.15, 0.2) is 0 Å². The van der Waals surface area contributed by atoms with E-state index in [9.17, 15) is 14.4 Å². The fraction of sp³-hybridized carbons (Fsp3) is 0.550. The minimum absolute atomic E-state index is 0.0886. The number of hydrogen-bond acceptors (Lipinski definition) is 5. The summed E-state index contributed by atoms with van der Waals surface area (Å²) in [5, 5.41) is 2.35. The van der Waals surface area contributed by atoms with Crippen LogP contribution < -0.4 is 11.1 Å². The normalized spacial score (nSPS) is 27.8. The number of carbonyl (C=O) groups excluding carboxylic acids is 3. The van der Waals surface area contributed by atoms with Gasteiger partial charge in [0, 0.05) is 43.2 Å². The van der Waals surface area contributed by atoms with Crippen molar-refractivity contribution in [3.8, 4) is 0 Å². The van der Waals surface area contributed by atoms with E-state index >= 15 is 0 Å². The molecule has 0 spiro atoms. The Morgan fingerprint density at radius 1 is 1.22 bits per heavy atom. The lowest BCUT2D eigenvalue weighted by atomic mass is 9.95. The number of carbonyl (C=O) groups is 3. The van der Waals surface area contributed by atoms with Crippen molar-refractivity contribution in [1.82, 2.24) is 15.1 Å². The summed E-state index contributed by atoms with van der Waals surface area (Å²) < 4.78 is 0. The van der Waals surface area contributed by atoms with Crippen molar-refractivity contribution in [2.45, 2.75) is 63.8 Å². The Morgan fingerprint density at radius 3 is 2.67 bits per heavy atom. The van der Waals surface area contributed by atoms with Gasteiger partial charge in [-0.2, -0.15) is 0 Å². The highest BCUT2D eigenvalue weighted by molar-refractivity contribution is 6.05. The van der Waals surface area contributed by atoms with Crippen LogP contribution in [-0.4, -0.2) is 51.7 Å². The van der Waals surface area contributed by atoms with Crippen LogP contribution in [0.25, 0.3) is 0 Å². The minimum atomic E-state index is -0.577. The van der Waals surface area contributed by atoms with Gasteiger partial charge < -0.3 is 10.6 Å².